The average Bonchev–Trinajstić information content (AvgIpc) is 3.29. The number of carbonyl (C=O) groups excluding carboxylic acids is 1. The van der Waals surface area contributed by atoms with Crippen molar-refractivity contribution >= 4 is 23.4 Å². The molecule has 0 spiro atoms. The van der Waals surface area contributed by atoms with Crippen molar-refractivity contribution in [1.29, 1.82) is 0 Å². The molecule has 1 aliphatic carbocycles. The molecular formula is C24H33N5O2. The molecule has 2 heterocycles. The Labute approximate surface area is 184 Å². The minimum Gasteiger partial charge on any atom is -0.496 e. The fourth-order valence-electron chi connectivity index (χ4n) is 4.83. The van der Waals surface area contributed by atoms with Gasteiger partial charge in [0.2, 0.25) is 11.9 Å². The number of fused-ring (bicyclic) bond motifs is 1. The number of methoxy groups -OCH3 is 1. The quantitative estimate of drug-likeness (QED) is 0.768. The minimum atomic E-state index is -0.490. The standard InChI is InChI=1S/C24H33N5O2/c1-16(18-12-8-9-13-20(18)31-5)26-23-25-14-19-21(27-23)29(17-10-6-7-11-17)15-24(2,3)22(30)28(19)4/h8-9,12-14,16-17H,6-7,10-11,15H2,1-5H3,(H,25,26,27). The molecule has 4 rings (SSSR count). The Bertz CT molecular complexity index is 955. The highest BCUT2D eigenvalue weighted by Gasteiger charge is 2.41. The Kier molecular flexibility index (Phi) is 5.77. The first-order chi connectivity index (χ1) is 14.8. The Morgan fingerprint density at radius 2 is 1.94 bits per heavy atom. The van der Waals surface area contributed by atoms with E-state index in [4.69, 9.17) is 9.72 Å². The van der Waals surface area contributed by atoms with Gasteiger partial charge in [0, 0.05) is 25.2 Å². The molecule has 1 aromatic heterocycles. The van der Waals surface area contributed by atoms with Crippen molar-refractivity contribution in [2.45, 2.75) is 58.5 Å². The highest BCUT2D eigenvalue weighted by Crippen LogP contribution is 2.40. The molecule has 166 valence electrons. The first-order valence-electron chi connectivity index (χ1n) is 11.1. The predicted molar refractivity (Wildman–Crippen MR) is 124 cm³/mol. The molecule has 31 heavy (non-hydrogen) atoms. The van der Waals surface area contributed by atoms with E-state index in [0.29, 0.717) is 18.5 Å². The third kappa shape index (κ3) is 4.05. The molecule has 0 bridgehead atoms. The van der Waals surface area contributed by atoms with E-state index in [1.807, 2.05) is 45.2 Å². The Morgan fingerprint density at radius 3 is 2.65 bits per heavy atom. The zero-order chi connectivity index (χ0) is 22.2. The summed E-state index contributed by atoms with van der Waals surface area (Å²) in [6, 6.07) is 8.33. The van der Waals surface area contributed by atoms with Crippen molar-refractivity contribution in [2.75, 3.05) is 35.8 Å². The smallest absolute Gasteiger partial charge is 0.234 e. The molecule has 1 aliphatic heterocycles. The van der Waals surface area contributed by atoms with Gasteiger partial charge < -0.3 is 19.9 Å². The van der Waals surface area contributed by atoms with Crippen LogP contribution >= 0.6 is 0 Å². The van der Waals surface area contributed by atoms with Crippen LogP contribution in [0.15, 0.2) is 30.5 Å². The van der Waals surface area contributed by atoms with Gasteiger partial charge in [0.05, 0.1) is 24.8 Å². The SMILES string of the molecule is COc1ccccc1C(C)Nc1ncc2c(n1)N(C1CCCC1)CC(C)(C)C(=O)N2C. The molecule has 0 radical (unpaired) electrons. The van der Waals surface area contributed by atoms with Crippen LogP contribution in [0.3, 0.4) is 0 Å². The zero-order valence-electron chi connectivity index (χ0n) is 19.2. The normalized spacial score (nSPS) is 19.7. The number of hydrogen-bond donors (Lipinski definition) is 1. The zero-order valence-corrected chi connectivity index (χ0v) is 19.2. The number of ether oxygens (including phenoxy) is 1. The number of para-hydroxylation sites is 1. The molecular weight excluding hydrogens is 390 g/mol. The maximum atomic E-state index is 13.1. The van der Waals surface area contributed by atoms with Gasteiger partial charge in [-0.05, 0) is 39.7 Å². The third-order valence-corrected chi connectivity index (χ3v) is 6.55. The molecule has 2 aromatic rings. The van der Waals surface area contributed by atoms with Crippen molar-refractivity contribution in [3.63, 3.8) is 0 Å². The van der Waals surface area contributed by atoms with Crippen LogP contribution in [0.25, 0.3) is 0 Å². The molecule has 7 nitrogen and oxygen atoms in total. The van der Waals surface area contributed by atoms with Gasteiger partial charge in [0.1, 0.15) is 11.4 Å². The van der Waals surface area contributed by atoms with E-state index >= 15 is 0 Å². The summed E-state index contributed by atoms with van der Waals surface area (Å²) >= 11 is 0. The van der Waals surface area contributed by atoms with Crippen molar-refractivity contribution in [1.82, 2.24) is 9.97 Å². The van der Waals surface area contributed by atoms with Gasteiger partial charge in [-0.25, -0.2) is 4.98 Å². The van der Waals surface area contributed by atoms with Gasteiger partial charge in [-0.15, -0.1) is 0 Å². The van der Waals surface area contributed by atoms with Crippen molar-refractivity contribution in [3.05, 3.63) is 36.0 Å². The van der Waals surface area contributed by atoms with Gasteiger partial charge >= 0.3 is 0 Å². The molecule has 1 atom stereocenters. The van der Waals surface area contributed by atoms with E-state index in [0.717, 1.165) is 35.7 Å². The second kappa shape index (κ2) is 8.36. The van der Waals surface area contributed by atoms with Gasteiger partial charge in [-0.3, -0.25) is 4.79 Å². The summed E-state index contributed by atoms with van der Waals surface area (Å²) in [5.41, 5.74) is 1.33. The Balaban J connectivity index is 1.70. The van der Waals surface area contributed by atoms with Crippen LogP contribution in [0.5, 0.6) is 5.75 Å². The number of carbonyl (C=O) groups is 1. The molecule has 0 saturated heterocycles. The third-order valence-electron chi connectivity index (χ3n) is 6.55. The molecule has 1 saturated carbocycles. The lowest BCUT2D eigenvalue weighted by Gasteiger charge is -2.34. The fourth-order valence-corrected chi connectivity index (χ4v) is 4.83. The van der Waals surface area contributed by atoms with Crippen LogP contribution in [-0.4, -0.2) is 42.6 Å². The molecule has 1 N–H and O–H groups in total. The van der Waals surface area contributed by atoms with E-state index in [2.05, 4.69) is 22.1 Å². The van der Waals surface area contributed by atoms with Crippen LogP contribution in [-0.2, 0) is 4.79 Å². The summed E-state index contributed by atoms with van der Waals surface area (Å²) < 4.78 is 5.51. The van der Waals surface area contributed by atoms with E-state index < -0.39 is 5.41 Å². The predicted octanol–water partition coefficient (Wildman–Crippen LogP) is 4.41. The maximum absolute atomic E-state index is 13.1. The molecule has 1 unspecified atom stereocenters. The highest BCUT2D eigenvalue weighted by molar-refractivity contribution is 6.00. The van der Waals surface area contributed by atoms with Gasteiger partial charge in [-0.1, -0.05) is 31.0 Å². The maximum Gasteiger partial charge on any atom is 0.234 e. The molecule has 1 amide bonds. The summed E-state index contributed by atoms with van der Waals surface area (Å²) in [5, 5.41) is 3.43. The summed E-state index contributed by atoms with van der Waals surface area (Å²) in [6.07, 6.45) is 6.50. The number of benzene rings is 1. The van der Waals surface area contributed by atoms with Gasteiger partial charge in [0.15, 0.2) is 5.82 Å². The topological polar surface area (TPSA) is 70.6 Å². The summed E-state index contributed by atoms with van der Waals surface area (Å²) in [4.78, 5) is 26.7. The number of amides is 1. The summed E-state index contributed by atoms with van der Waals surface area (Å²) in [5.74, 6) is 2.33. The van der Waals surface area contributed by atoms with Crippen molar-refractivity contribution in [2.24, 2.45) is 5.41 Å². The van der Waals surface area contributed by atoms with Crippen LogP contribution in [0.2, 0.25) is 0 Å². The molecule has 1 aromatic carbocycles. The lowest BCUT2D eigenvalue weighted by Crippen LogP contribution is -2.45. The van der Waals surface area contributed by atoms with Gasteiger partial charge in [0.25, 0.3) is 0 Å². The Morgan fingerprint density at radius 1 is 1.23 bits per heavy atom. The van der Waals surface area contributed by atoms with Crippen LogP contribution in [0, 0.1) is 5.41 Å². The summed E-state index contributed by atoms with van der Waals surface area (Å²) in [6.45, 7) is 6.78. The van der Waals surface area contributed by atoms with Crippen molar-refractivity contribution < 1.29 is 9.53 Å². The molecule has 2 aliphatic rings. The van der Waals surface area contributed by atoms with Gasteiger partial charge in [-0.2, -0.15) is 4.98 Å². The van der Waals surface area contributed by atoms with Crippen molar-refractivity contribution in [3.8, 4) is 5.75 Å². The highest BCUT2D eigenvalue weighted by atomic mass is 16.5. The largest absolute Gasteiger partial charge is 0.496 e. The van der Waals surface area contributed by atoms with Crippen LogP contribution in [0.4, 0.5) is 17.5 Å². The van der Waals surface area contributed by atoms with Crippen LogP contribution in [0.1, 0.15) is 58.1 Å². The number of aromatic nitrogens is 2. The van der Waals surface area contributed by atoms with E-state index in [1.165, 1.54) is 12.8 Å². The minimum absolute atomic E-state index is 0.0317. The van der Waals surface area contributed by atoms with Crippen LogP contribution < -0.4 is 19.9 Å². The number of rotatable bonds is 5. The monoisotopic (exact) mass is 423 g/mol. The fraction of sp³-hybridized carbons (Fsp3) is 0.542. The number of anilines is 3. The number of nitrogens with one attached hydrogen (secondary N) is 1. The first kappa shape index (κ1) is 21.4. The summed E-state index contributed by atoms with van der Waals surface area (Å²) in [7, 11) is 3.51. The second-order valence-electron chi connectivity index (χ2n) is 9.32. The second-order valence-corrected chi connectivity index (χ2v) is 9.32. The van der Waals surface area contributed by atoms with E-state index in [-0.39, 0.29) is 11.9 Å². The first-order valence-corrected chi connectivity index (χ1v) is 11.1. The van der Waals surface area contributed by atoms with E-state index in [1.54, 1.807) is 18.2 Å². The lowest BCUT2D eigenvalue weighted by molar-refractivity contribution is -0.125. The lowest BCUT2D eigenvalue weighted by atomic mass is 9.91. The average molecular weight is 424 g/mol. The van der Waals surface area contributed by atoms with E-state index in [9.17, 15) is 4.79 Å². The number of nitrogens with zero attached hydrogens (tertiary/aromatic N) is 4. The number of hydrogen-bond acceptors (Lipinski definition) is 6. The molecule has 7 heteroatoms. The molecule has 1 fully saturated rings. The Hall–Kier alpha value is -2.83.